The first kappa shape index (κ1) is 14.8. The van der Waals surface area contributed by atoms with Crippen molar-refractivity contribution >= 4 is 0 Å². The highest BCUT2D eigenvalue weighted by atomic mass is 16.3. The summed E-state index contributed by atoms with van der Waals surface area (Å²) in [6, 6.07) is 0. The molecule has 0 aromatic rings. The first-order valence-electron chi connectivity index (χ1n) is 9.19. The molecule has 2 saturated carbocycles. The summed E-state index contributed by atoms with van der Waals surface area (Å²) in [5.74, 6) is 2.47. The Kier molecular flexibility index (Phi) is 3.24. The van der Waals surface area contributed by atoms with Crippen molar-refractivity contribution < 1.29 is 5.11 Å². The summed E-state index contributed by atoms with van der Waals surface area (Å²) in [5.41, 5.74) is 3.82. The van der Waals surface area contributed by atoms with Crippen molar-refractivity contribution in [3.05, 3.63) is 36.0 Å². The minimum Gasteiger partial charge on any atom is -0.393 e. The molecule has 6 unspecified atom stereocenters. The smallest absolute Gasteiger partial charge is 0.0577 e. The van der Waals surface area contributed by atoms with E-state index in [1.165, 1.54) is 37.7 Å². The van der Waals surface area contributed by atoms with Crippen LogP contribution in [0.1, 0.15) is 58.8 Å². The van der Waals surface area contributed by atoms with E-state index in [-0.39, 0.29) is 6.10 Å². The van der Waals surface area contributed by atoms with E-state index in [1.54, 1.807) is 5.57 Å². The van der Waals surface area contributed by atoms with Crippen molar-refractivity contribution in [1.82, 2.24) is 0 Å². The zero-order chi connectivity index (χ0) is 15.5. The molecule has 0 radical (unpaired) electrons. The molecule has 1 nitrogen and oxygen atoms in total. The molecule has 22 heavy (non-hydrogen) atoms. The average molecular weight is 298 g/mol. The minimum atomic E-state index is -0.0924. The highest BCUT2D eigenvalue weighted by Gasteiger charge is 2.56. The molecule has 0 aliphatic heterocycles. The SMILES string of the molecule is C=CC1=CCC2C3CC=C4CC(O)CCC4(C)C3CCC12C. The summed E-state index contributed by atoms with van der Waals surface area (Å²) < 4.78 is 0. The van der Waals surface area contributed by atoms with Gasteiger partial charge in [-0.2, -0.15) is 0 Å². The van der Waals surface area contributed by atoms with Gasteiger partial charge < -0.3 is 5.11 Å². The van der Waals surface area contributed by atoms with Crippen LogP contribution in [-0.2, 0) is 0 Å². The van der Waals surface area contributed by atoms with Crippen LogP contribution in [0.5, 0.6) is 0 Å². The van der Waals surface area contributed by atoms with E-state index in [0.29, 0.717) is 10.8 Å². The monoisotopic (exact) mass is 298 g/mol. The highest BCUT2D eigenvalue weighted by Crippen LogP contribution is 2.64. The van der Waals surface area contributed by atoms with Crippen molar-refractivity contribution in [3.8, 4) is 0 Å². The van der Waals surface area contributed by atoms with Gasteiger partial charge in [0.05, 0.1) is 6.10 Å². The largest absolute Gasteiger partial charge is 0.393 e. The van der Waals surface area contributed by atoms with Crippen molar-refractivity contribution in [2.75, 3.05) is 0 Å². The molecule has 0 aromatic carbocycles. The third kappa shape index (κ3) is 1.81. The maximum atomic E-state index is 10.1. The summed E-state index contributed by atoms with van der Waals surface area (Å²) in [6.45, 7) is 9.05. The Bertz CT molecular complexity index is 556. The lowest BCUT2D eigenvalue weighted by molar-refractivity contribution is -0.0284. The predicted molar refractivity (Wildman–Crippen MR) is 91.4 cm³/mol. The number of aliphatic hydroxyl groups is 1. The van der Waals surface area contributed by atoms with Gasteiger partial charge in [-0.25, -0.2) is 0 Å². The van der Waals surface area contributed by atoms with Crippen LogP contribution in [0.2, 0.25) is 0 Å². The maximum Gasteiger partial charge on any atom is 0.0577 e. The molecule has 0 bridgehead atoms. The standard InChI is InChI=1S/C21H30O/c1-4-14-6-8-18-17-7-5-15-13-16(22)9-11-21(15,3)19(17)10-12-20(14,18)2/h4-6,16-19,22H,1,7-13H2,2-3H3. The van der Waals surface area contributed by atoms with E-state index in [0.717, 1.165) is 30.6 Å². The molecule has 0 spiro atoms. The molecule has 0 aromatic heterocycles. The topological polar surface area (TPSA) is 20.2 Å². The fraction of sp³-hybridized carbons (Fsp3) is 0.714. The Morgan fingerprint density at radius 2 is 1.86 bits per heavy atom. The summed E-state index contributed by atoms with van der Waals surface area (Å²) in [7, 11) is 0. The van der Waals surface area contributed by atoms with Crippen molar-refractivity contribution in [2.45, 2.75) is 64.9 Å². The van der Waals surface area contributed by atoms with Crippen LogP contribution >= 0.6 is 0 Å². The van der Waals surface area contributed by atoms with E-state index in [1.807, 2.05) is 0 Å². The summed E-state index contributed by atoms with van der Waals surface area (Å²) >= 11 is 0. The molecule has 2 fully saturated rings. The van der Waals surface area contributed by atoms with Gasteiger partial charge in [0.2, 0.25) is 0 Å². The molecular formula is C21H30O. The van der Waals surface area contributed by atoms with Crippen molar-refractivity contribution in [1.29, 1.82) is 0 Å². The number of rotatable bonds is 1. The van der Waals surface area contributed by atoms with Gasteiger partial charge in [-0.3, -0.25) is 0 Å². The summed E-state index contributed by atoms with van der Waals surface area (Å²) in [4.78, 5) is 0. The quantitative estimate of drug-likeness (QED) is 0.673. The molecule has 4 aliphatic rings. The predicted octanol–water partition coefficient (Wildman–Crippen LogP) is 5.03. The Morgan fingerprint density at radius 1 is 1.09 bits per heavy atom. The molecule has 4 rings (SSSR count). The number of hydrogen-bond donors (Lipinski definition) is 1. The summed E-state index contributed by atoms with van der Waals surface area (Å²) in [6.07, 6.45) is 15.3. The van der Waals surface area contributed by atoms with Crippen LogP contribution in [-0.4, -0.2) is 11.2 Å². The Balaban J connectivity index is 1.68. The van der Waals surface area contributed by atoms with Crippen molar-refractivity contribution in [2.24, 2.45) is 28.6 Å². The lowest BCUT2D eigenvalue weighted by Crippen LogP contribution is -2.49. The average Bonchev–Trinajstić information content (AvgIpc) is 2.84. The lowest BCUT2D eigenvalue weighted by Gasteiger charge is -2.57. The molecule has 0 amide bonds. The number of aliphatic hydroxyl groups excluding tert-OH is 1. The molecule has 6 atom stereocenters. The molecule has 120 valence electrons. The van der Waals surface area contributed by atoms with Crippen LogP contribution in [0.15, 0.2) is 36.0 Å². The van der Waals surface area contributed by atoms with E-state index < -0.39 is 0 Å². The second-order valence-electron chi connectivity index (χ2n) is 8.71. The summed E-state index contributed by atoms with van der Waals surface area (Å²) in [5, 5.41) is 10.1. The molecule has 1 N–H and O–H groups in total. The van der Waals surface area contributed by atoms with Gasteiger partial charge in [0.25, 0.3) is 0 Å². The Hall–Kier alpha value is -0.820. The van der Waals surface area contributed by atoms with Crippen LogP contribution in [0, 0.1) is 28.6 Å². The van der Waals surface area contributed by atoms with Crippen LogP contribution in [0.25, 0.3) is 0 Å². The van der Waals surface area contributed by atoms with E-state index >= 15 is 0 Å². The van der Waals surface area contributed by atoms with Crippen molar-refractivity contribution in [3.63, 3.8) is 0 Å². The zero-order valence-corrected chi connectivity index (χ0v) is 14.1. The maximum absolute atomic E-state index is 10.1. The van der Waals surface area contributed by atoms with E-state index in [2.05, 4.69) is 38.7 Å². The van der Waals surface area contributed by atoms with E-state index in [9.17, 15) is 5.11 Å². The zero-order valence-electron chi connectivity index (χ0n) is 14.1. The van der Waals surface area contributed by atoms with Crippen LogP contribution < -0.4 is 0 Å². The number of fused-ring (bicyclic) bond motifs is 5. The first-order chi connectivity index (χ1) is 10.5. The molecule has 0 heterocycles. The number of allylic oxidation sites excluding steroid dienone is 4. The van der Waals surface area contributed by atoms with E-state index in [4.69, 9.17) is 0 Å². The first-order valence-corrected chi connectivity index (χ1v) is 9.19. The van der Waals surface area contributed by atoms with Gasteiger partial charge in [0, 0.05) is 0 Å². The molecule has 1 heteroatoms. The minimum absolute atomic E-state index is 0.0924. The second kappa shape index (κ2) is 4.84. The third-order valence-electron chi connectivity index (χ3n) is 7.94. The fourth-order valence-electron chi connectivity index (χ4n) is 6.56. The van der Waals surface area contributed by atoms with Crippen LogP contribution in [0.3, 0.4) is 0 Å². The highest BCUT2D eigenvalue weighted by molar-refractivity contribution is 5.34. The van der Waals surface area contributed by atoms with Gasteiger partial charge in [-0.05, 0) is 79.1 Å². The molecular weight excluding hydrogens is 268 g/mol. The second-order valence-corrected chi connectivity index (χ2v) is 8.71. The van der Waals surface area contributed by atoms with Gasteiger partial charge in [0.15, 0.2) is 0 Å². The number of hydrogen-bond acceptors (Lipinski definition) is 1. The Labute approximate surface area is 135 Å². The lowest BCUT2D eigenvalue weighted by atomic mass is 9.47. The fourth-order valence-corrected chi connectivity index (χ4v) is 6.56. The molecule has 0 saturated heterocycles. The van der Waals surface area contributed by atoms with Gasteiger partial charge in [0.1, 0.15) is 0 Å². The molecule has 4 aliphatic carbocycles. The van der Waals surface area contributed by atoms with Crippen LogP contribution in [0.4, 0.5) is 0 Å². The van der Waals surface area contributed by atoms with Gasteiger partial charge in [-0.15, -0.1) is 0 Å². The van der Waals surface area contributed by atoms with Gasteiger partial charge in [-0.1, -0.05) is 44.2 Å². The third-order valence-corrected chi connectivity index (χ3v) is 7.94. The van der Waals surface area contributed by atoms with Gasteiger partial charge >= 0.3 is 0 Å². The Morgan fingerprint density at radius 3 is 2.64 bits per heavy atom. The normalized spacial score (nSPS) is 50.3.